The van der Waals surface area contributed by atoms with Gasteiger partial charge in [0, 0.05) is 37.4 Å². The Morgan fingerprint density at radius 1 is 0.939 bits per heavy atom. The van der Waals surface area contributed by atoms with Crippen LogP contribution in [-0.4, -0.2) is 39.1 Å². The molecule has 1 fully saturated rings. The van der Waals surface area contributed by atoms with Crippen molar-refractivity contribution in [1.82, 2.24) is 20.0 Å². The lowest BCUT2D eigenvalue weighted by Crippen LogP contribution is -2.44. The molecule has 4 aromatic rings. The van der Waals surface area contributed by atoms with E-state index in [0.29, 0.717) is 49.2 Å². The van der Waals surface area contributed by atoms with Crippen molar-refractivity contribution in [3.05, 3.63) is 90.8 Å². The predicted octanol–water partition coefficient (Wildman–Crippen LogP) is 4.14. The fourth-order valence-electron chi connectivity index (χ4n) is 4.00. The van der Waals surface area contributed by atoms with Gasteiger partial charge < -0.3 is 14.8 Å². The Kier molecular flexibility index (Phi) is 5.82. The largest absolute Gasteiger partial charge is 0.438 e. The van der Waals surface area contributed by atoms with Crippen LogP contribution in [0, 0.1) is 0 Å². The van der Waals surface area contributed by atoms with Crippen LogP contribution in [0.2, 0.25) is 0 Å². The van der Waals surface area contributed by atoms with Gasteiger partial charge in [-0.3, -0.25) is 4.79 Å². The summed E-state index contributed by atoms with van der Waals surface area (Å²) in [6.07, 6.45) is 4.77. The molecule has 2 aromatic carbocycles. The lowest BCUT2D eigenvalue weighted by molar-refractivity contribution is -0.125. The highest BCUT2D eigenvalue weighted by Gasteiger charge is 2.41. The number of carbonyl (C=O) groups is 1. The summed E-state index contributed by atoms with van der Waals surface area (Å²) in [7, 11) is 0. The second-order valence-corrected chi connectivity index (χ2v) is 7.82. The van der Waals surface area contributed by atoms with Crippen LogP contribution < -0.4 is 10.1 Å². The maximum Gasteiger partial charge on any atom is 0.238 e. The van der Waals surface area contributed by atoms with Gasteiger partial charge in [-0.05, 0) is 54.8 Å². The molecule has 8 nitrogen and oxygen atoms in total. The van der Waals surface area contributed by atoms with Crippen LogP contribution in [-0.2, 0) is 14.9 Å². The van der Waals surface area contributed by atoms with Gasteiger partial charge in [-0.2, -0.15) is 5.10 Å². The molecule has 2 aromatic heterocycles. The number of benzene rings is 2. The van der Waals surface area contributed by atoms with Crippen LogP contribution in [0.4, 0.5) is 5.69 Å². The molecule has 3 heterocycles. The van der Waals surface area contributed by atoms with Crippen LogP contribution in [0.5, 0.6) is 11.6 Å². The van der Waals surface area contributed by atoms with Crippen molar-refractivity contribution >= 4 is 11.6 Å². The smallest absolute Gasteiger partial charge is 0.238 e. The third kappa shape index (κ3) is 4.47. The number of ether oxygens (including phenoxy) is 2. The van der Waals surface area contributed by atoms with Crippen molar-refractivity contribution in [2.45, 2.75) is 18.3 Å². The number of carbonyl (C=O) groups excluding carboxylic acids is 1. The normalized spacial score (nSPS) is 15.0. The van der Waals surface area contributed by atoms with Gasteiger partial charge >= 0.3 is 0 Å². The van der Waals surface area contributed by atoms with Crippen molar-refractivity contribution < 1.29 is 14.3 Å². The van der Waals surface area contributed by atoms with Crippen molar-refractivity contribution in [2.75, 3.05) is 18.5 Å². The Balaban J connectivity index is 1.27. The standard InChI is InChI=1S/C25H23N5O3/c31-24(25(13-17-32-18-14-25)19-5-2-1-3-6-19)27-20-7-9-21(10-8-20)33-23-12-11-22(28-29-23)30-16-4-15-26-30/h1-12,15-16H,13-14,17-18H2,(H,27,31). The van der Waals surface area contributed by atoms with E-state index < -0.39 is 5.41 Å². The molecule has 0 spiro atoms. The summed E-state index contributed by atoms with van der Waals surface area (Å²) in [5, 5.41) is 15.4. The second-order valence-electron chi connectivity index (χ2n) is 7.82. The molecular formula is C25H23N5O3. The number of aromatic nitrogens is 4. The summed E-state index contributed by atoms with van der Waals surface area (Å²) in [4.78, 5) is 13.4. The fraction of sp³-hybridized carbons (Fsp3) is 0.200. The summed E-state index contributed by atoms with van der Waals surface area (Å²) < 4.78 is 12.9. The van der Waals surface area contributed by atoms with Crippen LogP contribution in [0.25, 0.3) is 5.82 Å². The lowest BCUT2D eigenvalue weighted by Gasteiger charge is -2.36. The highest BCUT2D eigenvalue weighted by Crippen LogP contribution is 2.36. The van der Waals surface area contributed by atoms with Crippen LogP contribution >= 0.6 is 0 Å². The molecule has 0 aliphatic carbocycles. The number of amides is 1. The summed E-state index contributed by atoms with van der Waals surface area (Å²) in [6.45, 7) is 1.13. The molecule has 1 aliphatic rings. The molecule has 1 amide bonds. The first-order valence-corrected chi connectivity index (χ1v) is 10.8. The Labute approximate surface area is 191 Å². The zero-order valence-electron chi connectivity index (χ0n) is 17.9. The lowest BCUT2D eigenvalue weighted by atomic mass is 9.73. The first kappa shape index (κ1) is 20.8. The summed E-state index contributed by atoms with van der Waals surface area (Å²) in [6, 6.07) is 22.5. The zero-order valence-corrected chi connectivity index (χ0v) is 17.9. The van der Waals surface area contributed by atoms with Crippen molar-refractivity contribution in [3.8, 4) is 17.4 Å². The van der Waals surface area contributed by atoms with E-state index in [1.165, 1.54) is 0 Å². The quantitative estimate of drug-likeness (QED) is 0.484. The van der Waals surface area contributed by atoms with Gasteiger partial charge in [0.05, 0.1) is 5.41 Å². The SMILES string of the molecule is O=C(Nc1ccc(Oc2ccc(-n3cccn3)nn2)cc1)C1(c2ccccc2)CCOCC1. The van der Waals surface area contributed by atoms with Gasteiger partial charge in [0.1, 0.15) is 5.75 Å². The van der Waals surface area contributed by atoms with E-state index in [1.54, 1.807) is 41.3 Å². The topological polar surface area (TPSA) is 91.2 Å². The molecule has 166 valence electrons. The molecule has 1 N–H and O–H groups in total. The van der Waals surface area contributed by atoms with Crippen molar-refractivity contribution in [1.29, 1.82) is 0 Å². The maximum atomic E-state index is 13.4. The average molecular weight is 441 g/mol. The highest BCUT2D eigenvalue weighted by atomic mass is 16.5. The number of nitrogens with zero attached hydrogens (tertiary/aromatic N) is 4. The minimum atomic E-state index is -0.597. The third-order valence-electron chi connectivity index (χ3n) is 5.81. The van der Waals surface area contributed by atoms with Gasteiger partial charge in [0.25, 0.3) is 0 Å². The monoisotopic (exact) mass is 441 g/mol. The van der Waals surface area contributed by atoms with E-state index in [2.05, 4.69) is 20.6 Å². The molecule has 0 atom stereocenters. The van der Waals surface area contributed by atoms with Crippen molar-refractivity contribution in [2.24, 2.45) is 0 Å². The van der Waals surface area contributed by atoms with E-state index in [-0.39, 0.29) is 5.91 Å². The average Bonchev–Trinajstić information content (AvgIpc) is 3.42. The van der Waals surface area contributed by atoms with Gasteiger partial charge in [0.15, 0.2) is 5.82 Å². The summed E-state index contributed by atoms with van der Waals surface area (Å²) in [5.74, 6) is 1.54. The first-order valence-electron chi connectivity index (χ1n) is 10.8. The molecule has 1 aliphatic heterocycles. The highest BCUT2D eigenvalue weighted by molar-refractivity contribution is 5.99. The molecule has 33 heavy (non-hydrogen) atoms. The number of hydrogen-bond donors (Lipinski definition) is 1. The minimum absolute atomic E-state index is 0.0225. The van der Waals surface area contributed by atoms with Crippen LogP contribution in [0.3, 0.4) is 0 Å². The number of rotatable bonds is 6. The van der Waals surface area contributed by atoms with Crippen LogP contribution in [0.1, 0.15) is 18.4 Å². The molecule has 0 radical (unpaired) electrons. The van der Waals surface area contributed by atoms with E-state index >= 15 is 0 Å². The van der Waals surface area contributed by atoms with E-state index in [1.807, 2.05) is 48.5 Å². The molecule has 0 bridgehead atoms. The van der Waals surface area contributed by atoms with Gasteiger partial charge in [-0.25, -0.2) is 4.68 Å². The zero-order chi connectivity index (χ0) is 22.5. The maximum absolute atomic E-state index is 13.4. The number of anilines is 1. The third-order valence-corrected chi connectivity index (χ3v) is 5.81. The Hall–Kier alpha value is -4.04. The minimum Gasteiger partial charge on any atom is -0.438 e. The van der Waals surface area contributed by atoms with Gasteiger partial charge in [0.2, 0.25) is 11.8 Å². The van der Waals surface area contributed by atoms with Crippen molar-refractivity contribution in [3.63, 3.8) is 0 Å². The Morgan fingerprint density at radius 2 is 1.73 bits per heavy atom. The van der Waals surface area contributed by atoms with Gasteiger partial charge in [-0.15, -0.1) is 10.2 Å². The molecule has 0 saturated carbocycles. The summed E-state index contributed by atoms with van der Waals surface area (Å²) in [5.41, 5.74) is 1.12. The number of hydrogen-bond acceptors (Lipinski definition) is 6. The fourth-order valence-corrected chi connectivity index (χ4v) is 4.00. The Morgan fingerprint density at radius 3 is 2.39 bits per heavy atom. The molecule has 0 unspecified atom stereocenters. The number of nitrogens with one attached hydrogen (secondary N) is 1. The Bertz CT molecular complexity index is 1190. The van der Waals surface area contributed by atoms with E-state index in [9.17, 15) is 4.79 Å². The molecule has 1 saturated heterocycles. The van der Waals surface area contributed by atoms with Gasteiger partial charge in [-0.1, -0.05) is 30.3 Å². The molecule has 8 heteroatoms. The molecule has 5 rings (SSSR count). The van der Waals surface area contributed by atoms with E-state index in [0.717, 1.165) is 5.56 Å². The predicted molar refractivity (Wildman–Crippen MR) is 122 cm³/mol. The van der Waals surface area contributed by atoms with E-state index in [4.69, 9.17) is 9.47 Å². The molecular weight excluding hydrogens is 418 g/mol. The summed E-state index contributed by atoms with van der Waals surface area (Å²) >= 11 is 0. The first-order chi connectivity index (χ1) is 16.2. The van der Waals surface area contributed by atoms with Crippen LogP contribution in [0.15, 0.2) is 85.2 Å². The second kappa shape index (κ2) is 9.22.